The summed E-state index contributed by atoms with van der Waals surface area (Å²) in [5.41, 5.74) is 4.96. The zero-order chi connectivity index (χ0) is 21.8. The minimum atomic E-state index is -0.417. The van der Waals surface area contributed by atoms with E-state index >= 15 is 0 Å². The smallest absolute Gasteiger partial charge is 0.248 e. The van der Waals surface area contributed by atoms with Crippen LogP contribution in [-0.4, -0.2) is 40.6 Å². The van der Waals surface area contributed by atoms with E-state index in [9.17, 15) is 4.79 Å². The number of rotatable bonds is 2. The van der Waals surface area contributed by atoms with Gasteiger partial charge < -0.3 is 10.0 Å². The van der Waals surface area contributed by atoms with E-state index in [1.165, 1.54) is 16.7 Å². The van der Waals surface area contributed by atoms with Gasteiger partial charge in [0.1, 0.15) is 6.61 Å². The molecule has 1 amide bonds. The monoisotopic (exact) mass is 556 g/mol. The standard InChI is InChI=1S/C21H21Br2ClN2O2.C2H6/c22-15-7-14-2-1-13-8-16(24)9-17(23)19(13)20(21(14)25-10-15)12-3-5-26(6-4-12)18(28)11-27;1-2/h7-10,12,20,27H,1-6,11H2;1-2H3/t20-;/m1./s1. The Hall–Kier alpha value is -0.950. The molecule has 2 aromatic rings. The highest BCUT2D eigenvalue weighted by Crippen LogP contribution is 2.46. The van der Waals surface area contributed by atoms with Gasteiger partial charge >= 0.3 is 0 Å². The number of amides is 1. The molecule has 0 saturated carbocycles. The van der Waals surface area contributed by atoms with E-state index in [4.69, 9.17) is 21.7 Å². The van der Waals surface area contributed by atoms with Gasteiger partial charge in [0.2, 0.25) is 5.91 Å². The van der Waals surface area contributed by atoms with Gasteiger partial charge in [-0.25, -0.2) is 0 Å². The highest BCUT2D eigenvalue weighted by molar-refractivity contribution is 9.10. The predicted octanol–water partition coefficient (Wildman–Crippen LogP) is 5.75. The number of carbonyl (C=O) groups excluding carboxylic acids is 1. The van der Waals surface area contributed by atoms with Crippen LogP contribution in [-0.2, 0) is 17.6 Å². The maximum absolute atomic E-state index is 11.9. The molecule has 0 radical (unpaired) electrons. The number of hydrogen-bond donors (Lipinski definition) is 1. The molecule has 1 fully saturated rings. The Morgan fingerprint density at radius 2 is 1.83 bits per heavy atom. The summed E-state index contributed by atoms with van der Waals surface area (Å²) in [6.45, 7) is 4.93. The van der Waals surface area contributed by atoms with Gasteiger partial charge in [0, 0.05) is 39.2 Å². The van der Waals surface area contributed by atoms with E-state index in [0.29, 0.717) is 19.0 Å². The van der Waals surface area contributed by atoms with Gasteiger partial charge in [-0.3, -0.25) is 9.78 Å². The molecule has 7 heteroatoms. The Morgan fingerprint density at radius 3 is 2.50 bits per heavy atom. The van der Waals surface area contributed by atoms with Crippen LogP contribution in [0.5, 0.6) is 0 Å². The topological polar surface area (TPSA) is 53.4 Å². The normalized spacial score (nSPS) is 18.6. The number of hydrogen-bond acceptors (Lipinski definition) is 3. The summed E-state index contributed by atoms with van der Waals surface area (Å²) < 4.78 is 2.03. The molecule has 0 spiro atoms. The van der Waals surface area contributed by atoms with E-state index < -0.39 is 6.61 Å². The molecule has 1 N–H and O–H groups in total. The van der Waals surface area contributed by atoms with Gasteiger partial charge in [-0.1, -0.05) is 41.4 Å². The molecule has 1 aliphatic heterocycles. The number of aryl methyl sites for hydroxylation is 2. The maximum atomic E-state index is 11.9. The Morgan fingerprint density at radius 1 is 1.17 bits per heavy atom. The first-order chi connectivity index (χ1) is 14.5. The van der Waals surface area contributed by atoms with Gasteiger partial charge in [-0.05, 0) is 82.4 Å². The summed E-state index contributed by atoms with van der Waals surface area (Å²) in [5.74, 6) is 0.359. The molecule has 30 heavy (non-hydrogen) atoms. The molecule has 1 atom stereocenters. The number of pyridine rings is 1. The lowest BCUT2D eigenvalue weighted by Crippen LogP contribution is -2.41. The van der Waals surface area contributed by atoms with E-state index in [1.807, 2.05) is 26.1 Å². The number of piperidine rings is 1. The number of nitrogens with zero attached hydrogens (tertiary/aromatic N) is 2. The molecule has 1 aromatic heterocycles. The number of carbonyl (C=O) groups is 1. The maximum Gasteiger partial charge on any atom is 0.248 e. The van der Waals surface area contributed by atoms with Gasteiger partial charge in [-0.15, -0.1) is 0 Å². The Labute approximate surface area is 200 Å². The van der Waals surface area contributed by atoms with Gasteiger partial charge in [0.05, 0.1) is 5.69 Å². The number of benzene rings is 1. The second-order valence-electron chi connectivity index (χ2n) is 7.51. The highest BCUT2D eigenvalue weighted by Gasteiger charge is 2.36. The number of halogens is 3. The van der Waals surface area contributed by atoms with Crippen LogP contribution in [0.15, 0.2) is 33.3 Å². The fourth-order valence-electron chi connectivity index (χ4n) is 4.61. The van der Waals surface area contributed by atoms with Crippen molar-refractivity contribution in [3.63, 3.8) is 0 Å². The molecule has 4 rings (SSSR count). The van der Waals surface area contributed by atoms with E-state index in [2.05, 4.69) is 44.0 Å². The van der Waals surface area contributed by atoms with Crippen LogP contribution in [0, 0.1) is 5.92 Å². The van der Waals surface area contributed by atoms with Crippen LogP contribution in [0.3, 0.4) is 0 Å². The van der Waals surface area contributed by atoms with E-state index in [0.717, 1.165) is 45.3 Å². The van der Waals surface area contributed by atoms with Crippen LogP contribution in [0.2, 0.25) is 5.02 Å². The number of likely N-dealkylation sites (tertiary alicyclic amines) is 1. The molecule has 1 aromatic carbocycles. The summed E-state index contributed by atoms with van der Waals surface area (Å²) in [6.07, 6.45) is 5.52. The minimum Gasteiger partial charge on any atom is -0.387 e. The Balaban J connectivity index is 0.00000124. The zero-order valence-corrected chi connectivity index (χ0v) is 21.2. The number of aromatic nitrogens is 1. The van der Waals surface area contributed by atoms with Crippen molar-refractivity contribution in [2.45, 2.75) is 45.4 Å². The fraction of sp³-hybridized carbons (Fsp3) is 0.478. The van der Waals surface area contributed by atoms with Gasteiger partial charge in [-0.2, -0.15) is 0 Å². The lowest BCUT2D eigenvalue weighted by molar-refractivity contribution is -0.135. The lowest BCUT2D eigenvalue weighted by Gasteiger charge is -2.37. The van der Waals surface area contributed by atoms with Crippen molar-refractivity contribution >= 4 is 49.4 Å². The fourth-order valence-corrected chi connectivity index (χ4v) is 6.11. The average Bonchev–Trinajstić information content (AvgIpc) is 2.91. The van der Waals surface area contributed by atoms with Crippen LogP contribution >= 0.6 is 43.5 Å². The molecular formula is C23H27Br2ClN2O2. The van der Waals surface area contributed by atoms with Crippen molar-refractivity contribution in [3.8, 4) is 0 Å². The van der Waals surface area contributed by atoms with Gasteiger partial charge in [0.25, 0.3) is 0 Å². The highest BCUT2D eigenvalue weighted by atomic mass is 79.9. The number of aliphatic hydroxyl groups excluding tert-OH is 1. The van der Waals surface area contributed by atoms with Gasteiger partial charge in [0.15, 0.2) is 0 Å². The first-order valence-electron chi connectivity index (χ1n) is 10.5. The first kappa shape index (κ1) is 23.7. The summed E-state index contributed by atoms with van der Waals surface area (Å²) >= 11 is 13.7. The van der Waals surface area contributed by atoms with Crippen LogP contribution in [0.25, 0.3) is 0 Å². The Kier molecular flexibility index (Phi) is 8.36. The zero-order valence-electron chi connectivity index (χ0n) is 17.3. The summed E-state index contributed by atoms with van der Waals surface area (Å²) in [7, 11) is 0. The molecule has 0 unspecified atom stereocenters. The van der Waals surface area contributed by atoms with Crippen LogP contribution in [0.1, 0.15) is 55.0 Å². The SMILES string of the molecule is CC.O=C(CO)N1CCC([C@H]2c3ncc(Br)cc3CCc3cc(Cl)cc(Br)c32)CC1. The number of aliphatic hydroxyl groups is 1. The van der Waals surface area contributed by atoms with E-state index in [-0.39, 0.29) is 11.8 Å². The molecule has 4 nitrogen and oxygen atoms in total. The summed E-state index contributed by atoms with van der Waals surface area (Å²) in [5, 5.41) is 9.91. The first-order valence-corrected chi connectivity index (χ1v) is 12.4. The van der Waals surface area contributed by atoms with E-state index in [1.54, 1.807) is 4.90 Å². The average molecular weight is 559 g/mol. The third-order valence-electron chi connectivity index (χ3n) is 5.92. The van der Waals surface area contributed by atoms with Crippen molar-refractivity contribution in [2.24, 2.45) is 5.92 Å². The van der Waals surface area contributed by atoms with Crippen molar-refractivity contribution in [3.05, 3.63) is 60.7 Å². The second kappa shape index (κ2) is 10.6. The minimum absolute atomic E-state index is 0.165. The second-order valence-corrected chi connectivity index (χ2v) is 9.72. The van der Waals surface area contributed by atoms with Crippen molar-refractivity contribution in [1.82, 2.24) is 9.88 Å². The third-order valence-corrected chi connectivity index (χ3v) is 7.22. The third kappa shape index (κ3) is 4.93. The van der Waals surface area contributed by atoms with Crippen LogP contribution in [0.4, 0.5) is 0 Å². The van der Waals surface area contributed by atoms with Crippen molar-refractivity contribution in [2.75, 3.05) is 19.7 Å². The molecule has 1 saturated heterocycles. The van der Waals surface area contributed by atoms with Crippen LogP contribution < -0.4 is 0 Å². The molecular weight excluding hydrogens is 532 g/mol. The predicted molar refractivity (Wildman–Crippen MR) is 128 cm³/mol. The number of fused-ring (bicyclic) bond motifs is 2. The summed E-state index contributed by atoms with van der Waals surface area (Å²) in [6, 6.07) is 6.24. The van der Waals surface area contributed by atoms with Crippen molar-refractivity contribution in [1.29, 1.82) is 0 Å². The quantitative estimate of drug-likeness (QED) is 0.511. The molecule has 0 bridgehead atoms. The summed E-state index contributed by atoms with van der Waals surface area (Å²) in [4.78, 5) is 18.5. The Bertz CT molecular complexity index is 914. The molecule has 1 aliphatic carbocycles. The largest absolute Gasteiger partial charge is 0.387 e. The van der Waals surface area contributed by atoms with Crippen molar-refractivity contribution < 1.29 is 9.90 Å². The molecule has 2 aliphatic rings. The molecule has 2 heterocycles. The molecule has 162 valence electrons. The lowest BCUT2D eigenvalue weighted by atomic mass is 9.76.